The first-order valence-corrected chi connectivity index (χ1v) is 11.0. The number of nitrogens with one attached hydrogen (secondary N) is 1. The number of carbonyl (C=O) groups excluding carboxylic acids is 1. The Morgan fingerprint density at radius 3 is 2.48 bits per heavy atom. The number of hydrogen-bond acceptors (Lipinski definition) is 4. The van der Waals surface area contributed by atoms with E-state index >= 15 is 0 Å². The number of furan rings is 1. The molecule has 0 saturated carbocycles. The van der Waals surface area contributed by atoms with Crippen LogP contribution in [0, 0.1) is 0 Å². The highest BCUT2D eigenvalue weighted by Gasteiger charge is 2.20. The van der Waals surface area contributed by atoms with Gasteiger partial charge in [-0.05, 0) is 74.2 Å². The van der Waals surface area contributed by atoms with Gasteiger partial charge in [-0.25, -0.2) is 0 Å². The number of carbonyl (C=O) groups is 1. The maximum absolute atomic E-state index is 11.9. The van der Waals surface area contributed by atoms with Gasteiger partial charge in [0.1, 0.15) is 11.9 Å². The molecule has 0 radical (unpaired) electrons. The van der Waals surface area contributed by atoms with E-state index in [0.717, 1.165) is 25.4 Å². The summed E-state index contributed by atoms with van der Waals surface area (Å²) in [5.74, 6) is 1.57. The average Bonchev–Trinajstić information content (AvgIpc) is 3.35. The summed E-state index contributed by atoms with van der Waals surface area (Å²) >= 11 is 0. The molecule has 0 bridgehead atoms. The molecule has 1 saturated heterocycles. The topological polar surface area (TPSA) is 54.7 Å². The number of likely N-dealkylation sites (tertiary alicyclic amines) is 1. The molecule has 1 aromatic heterocycles. The highest BCUT2D eigenvalue weighted by molar-refractivity contribution is 5.91. The molecule has 2 aromatic carbocycles. The van der Waals surface area contributed by atoms with Crippen LogP contribution in [-0.2, 0) is 6.54 Å². The Bertz CT molecular complexity index is 931. The molecule has 1 aliphatic rings. The summed E-state index contributed by atoms with van der Waals surface area (Å²) in [5, 5.41) is 2.82. The Labute approximate surface area is 184 Å². The molecule has 0 spiro atoms. The monoisotopic (exact) mass is 418 g/mol. The van der Waals surface area contributed by atoms with Gasteiger partial charge in [0, 0.05) is 6.54 Å². The van der Waals surface area contributed by atoms with E-state index in [4.69, 9.17) is 9.15 Å². The van der Waals surface area contributed by atoms with Gasteiger partial charge in [-0.2, -0.15) is 0 Å². The van der Waals surface area contributed by atoms with Gasteiger partial charge in [0.25, 0.3) is 5.91 Å². The quantitative estimate of drug-likeness (QED) is 0.568. The lowest BCUT2D eigenvalue weighted by Crippen LogP contribution is -2.33. The van der Waals surface area contributed by atoms with Crippen LogP contribution in [0.2, 0.25) is 0 Å². The smallest absolute Gasteiger partial charge is 0.287 e. The number of amides is 1. The van der Waals surface area contributed by atoms with Crippen LogP contribution < -0.4 is 10.1 Å². The Hall–Kier alpha value is -3.05. The van der Waals surface area contributed by atoms with Crippen LogP contribution in [0.15, 0.2) is 77.4 Å². The van der Waals surface area contributed by atoms with Crippen LogP contribution in [0.25, 0.3) is 0 Å². The second-order valence-electron chi connectivity index (χ2n) is 8.22. The third-order valence-electron chi connectivity index (χ3n) is 5.82. The number of benzene rings is 2. The Kier molecular flexibility index (Phi) is 7.05. The molecular weight excluding hydrogens is 388 g/mol. The number of ether oxygens (including phenoxy) is 1. The number of nitrogens with zero attached hydrogens (tertiary/aromatic N) is 1. The largest absolute Gasteiger partial charge is 0.489 e. The zero-order valence-electron chi connectivity index (χ0n) is 18.0. The molecule has 1 atom stereocenters. The molecule has 1 amide bonds. The fourth-order valence-corrected chi connectivity index (χ4v) is 4.09. The predicted molar refractivity (Wildman–Crippen MR) is 121 cm³/mol. The van der Waals surface area contributed by atoms with E-state index in [1.165, 1.54) is 30.2 Å². The molecule has 31 heavy (non-hydrogen) atoms. The van der Waals surface area contributed by atoms with E-state index in [9.17, 15) is 4.79 Å². The van der Waals surface area contributed by atoms with E-state index in [-0.39, 0.29) is 12.0 Å². The van der Waals surface area contributed by atoms with Crippen LogP contribution in [0.3, 0.4) is 0 Å². The molecule has 1 fully saturated rings. The molecule has 0 unspecified atom stereocenters. The maximum Gasteiger partial charge on any atom is 0.287 e. The SMILES string of the molecule is C[C@H](CNC(=O)c1ccco1)Oc1ccc(CN2CCC(c3ccccc3)CC2)cc1. The zero-order valence-corrected chi connectivity index (χ0v) is 18.0. The van der Waals surface area contributed by atoms with E-state index in [2.05, 4.69) is 52.7 Å². The molecular formula is C26H30N2O3. The summed E-state index contributed by atoms with van der Waals surface area (Å²) in [6.07, 6.45) is 3.78. The van der Waals surface area contributed by atoms with Gasteiger partial charge in [0.05, 0.1) is 12.8 Å². The predicted octanol–water partition coefficient (Wildman–Crippen LogP) is 4.86. The lowest BCUT2D eigenvalue weighted by atomic mass is 9.89. The van der Waals surface area contributed by atoms with Crippen molar-refractivity contribution in [2.75, 3.05) is 19.6 Å². The Morgan fingerprint density at radius 2 is 1.81 bits per heavy atom. The summed E-state index contributed by atoms with van der Waals surface area (Å²) in [7, 11) is 0. The molecule has 0 aliphatic carbocycles. The first-order chi connectivity index (χ1) is 15.2. The molecule has 5 nitrogen and oxygen atoms in total. The standard InChI is InChI=1S/C26H30N2O3/c1-20(18-27-26(29)25-8-5-17-30-25)31-24-11-9-21(10-12-24)19-28-15-13-23(14-16-28)22-6-3-2-4-7-22/h2-12,17,20,23H,13-16,18-19H2,1H3,(H,27,29)/t20-/m1/s1. The Morgan fingerprint density at radius 1 is 1.06 bits per heavy atom. The second kappa shape index (κ2) is 10.3. The van der Waals surface area contributed by atoms with Crippen molar-refractivity contribution in [1.29, 1.82) is 0 Å². The van der Waals surface area contributed by atoms with Gasteiger partial charge in [0.2, 0.25) is 0 Å². The molecule has 1 N–H and O–H groups in total. The number of piperidine rings is 1. The lowest BCUT2D eigenvalue weighted by molar-refractivity contribution is 0.0904. The van der Waals surface area contributed by atoms with Crippen molar-refractivity contribution in [2.24, 2.45) is 0 Å². The fourth-order valence-electron chi connectivity index (χ4n) is 4.09. The minimum Gasteiger partial charge on any atom is -0.489 e. The highest BCUT2D eigenvalue weighted by atomic mass is 16.5. The minimum atomic E-state index is -0.230. The summed E-state index contributed by atoms with van der Waals surface area (Å²) in [5.41, 5.74) is 2.77. The summed E-state index contributed by atoms with van der Waals surface area (Å²) in [4.78, 5) is 14.5. The van der Waals surface area contributed by atoms with Crippen LogP contribution >= 0.6 is 0 Å². The van der Waals surface area contributed by atoms with Crippen LogP contribution in [-0.4, -0.2) is 36.5 Å². The molecule has 162 valence electrons. The van der Waals surface area contributed by atoms with Crippen LogP contribution in [0.1, 0.15) is 47.4 Å². The average molecular weight is 419 g/mol. The third kappa shape index (κ3) is 5.98. The van der Waals surface area contributed by atoms with Crippen LogP contribution in [0.5, 0.6) is 5.75 Å². The lowest BCUT2D eigenvalue weighted by Gasteiger charge is -2.32. The summed E-state index contributed by atoms with van der Waals surface area (Å²) in [6, 6.07) is 22.5. The van der Waals surface area contributed by atoms with Crippen molar-refractivity contribution in [3.8, 4) is 5.75 Å². The van der Waals surface area contributed by atoms with Crippen molar-refractivity contribution >= 4 is 5.91 Å². The van der Waals surface area contributed by atoms with E-state index < -0.39 is 0 Å². The molecule has 3 aromatic rings. The summed E-state index contributed by atoms with van der Waals surface area (Å²) in [6.45, 7) is 5.58. The van der Waals surface area contributed by atoms with E-state index in [1.807, 2.05) is 19.1 Å². The van der Waals surface area contributed by atoms with Crippen molar-refractivity contribution < 1.29 is 13.9 Å². The fraction of sp³-hybridized carbons (Fsp3) is 0.346. The van der Waals surface area contributed by atoms with Crippen molar-refractivity contribution in [1.82, 2.24) is 10.2 Å². The van der Waals surface area contributed by atoms with Crippen molar-refractivity contribution in [3.05, 3.63) is 89.9 Å². The van der Waals surface area contributed by atoms with Crippen molar-refractivity contribution in [2.45, 2.75) is 38.3 Å². The normalized spacial score (nSPS) is 16.0. The molecule has 5 heteroatoms. The van der Waals surface area contributed by atoms with E-state index in [1.54, 1.807) is 12.1 Å². The Balaban J connectivity index is 1.20. The minimum absolute atomic E-state index is 0.137. The first-order valence-electron chi connectivity index (χ1n) is 11.0. The van der Waals surface area contributed by atoms with Gasteiger partial charge in [-0.3, -0.25) is 9.69 Å². The van der Waals surface area contributed by atoms with Gasteiger partial charge < -0.3 is 14.5 Å². The highest BCUT2D eigenvalue weighted by Crippen LogP contribution is 2.28. The first kappa shape index (κ1) is 21.2. The summed E-state index contributed by atoms with van der Waals surface area (Å²) < 4.78 is 11.0. The van der Waals surface area contributed by atoms with Gasteiger partial charge >= 0.3 is 0 Å². The van der Waals surface area contributed by atoms with Gasteiger partial charge in [0.15, 0.2) is 5.76 Å². The van der Waals surface area contributed by atoms with Gasteiger partial charge in [-0.15, -0.1) is 0 Å². The molecule has 2 heterocycles. The number of hydrogen-bond donors (Lipinski definition) is 1. The molecule has 4 rings (SSSR count). The maximum atomic E-state index is 11.9. The second-order valence-corrected chi connectivity index (χ2v) is 8.22. The van der Waals surface area contributed by atoms with Crippen molar-refractivity contribution in [3.63, 3.8) is 0 Å². The zero-order chi connectivity index (χ0) is 21.5. The number of rotatable bonds is 8. The van der Waals surface area contributed by atoms with Crippen LogP contribution in [0.4, 0.5) is 0 Å². The van der Waals surface area contributed by atoms with Gasteiger partial charge in [-0.1, -0.05) is 42.5 Å². The molecule has 1 aliphatic heterocycles. The third-order valence-corrected chi connectivity index (χ3v) is 5.82. The van der Waals surface area contributed by atoms with E-state index in [0.29, 0.717) is 18.2 Å².